The Bertz CT molecular complexity index is 1400. The fraction of sp³-hybridized carbons (Fsp3) is 0.286. The van der Waals surface area contributed by atoms with Crippen LogP contribution < -0.4 is 5.56 Å². The average molecular weight is 421 g/mol. The van der Waals surface area contributed by atoms with Gasteiger partial charge in [0.05, 0.1) is 17.2 Å². The summed E-state index contributed by atoms with van der Waals surface area (Å²) in [5.74, 6) is -0.660. The Hall–Kier alpha value is -3.33. The Kier molecular flexibility index (Phi) is 4.47. The van der Waals surface area contributed by atoms with E-state index in [2.05, 4.69) is 15.2 Å². The first-order valence-corrected chi connectivity index (χ1v) is 10.6. The lowest BCUT2D eigenvalue weighted by Crippen LogP contribution is -2.24. The predicted molar refractivity (Wildman–Crippen MR) is 115 cm³/mol. The molecule has 1 aromatic carbocycles. The molecule has 0 spiro atoms. The molecule has 5 rings (SSSR count). The number of hydrogen-bond donors (Lipinski definition) is 1. The summed E-state index contributed by atoms with van der Waals surface area (Å²) >= 11 is 1.57. The fourth-order valence-electron chi connectivity index (χ4n) is 4.04. The lowest BCUT2D eigenvalue weighted by molar-refractivity contribution is -0.118. The summed E-state index contributed by atoms with van der Waals surface area (Å²) in [6, 6.07) is 7.32. The summed E-state index contributed by atoms with van der Waals surface area (Å²) in [7, 11) is 1.71. The van der Waals surface area contributed by atoms with Crippen LogP contribution in [0.1, 0.15) is 23.3 Å². The third kappa shape index (κ3) is 2.93. The van der Waals surface area contributed by atoms with Gasteiger partial charge in [-0.2, -0.15) is 0 Å². The maximum Gasteiger partial charge on any atom is 0.284 e. The summed E-state index contributed by atoms with van der Waals surface area (Å²) in [6.45, 7) is -0.249. The number of rotatable bonds is 3. The lowest BCUT2D eigenvalue weighted by atomic mass is 9.97. The maximum atomic E-state index is 13.0. The fourth-order valence-corrected chi connectivity index (χ4v) is 5.25. The van der Waals surface area contributed by atoms with Crippen LogP contribution in [0.25, 0.3) is 21.1 Å². The standard InChI is InChI=1S/C21H19N5O3S/c1-25-14-8-4-2-6-12(14)18(21(25)29)24-23-16(27)10-26-11-22-19-17(20(26)28)13-7-3-5-9-15(13)30-19/h2,4,6,8,11,29H,3,5,7,9-10H2,1H3. The van der Waals surface area contributed by atoms with Crippen LogP contribution in [-0.2, 0) is 31.2 Å². The van der Waals surface area contributed by atoms with Crippen molar-refractivity contribution in [3.8, 4) is 5.88 Å². The molecule has 0 bridgehead atoms. The minimum Gasteiger partial charge on any atom is -0.493 e. The van der Waals surface area contributed by atoms with Crippen molar-refractivity contribution in [2.75, 3.05) is 0 Å². The number of benzene rings is 1. The third-order valence-electron chi connectivity index (χ3n) is 5.56. The molecular weight excluding hydrogens is 402 g/mol. The predicted octanol–water partition coefficient (Wildman–Crippen LogP) is 3.84. The van der Waals surface area contributed by atoms with E-state index in [1.165, 1.54) is 15.8 Å². The number of thiophene rings is 1. The summed E-state index contributed by atoms with van der Waals surface area (Å²) in [4.78, 5) is 31.7. The molecule has 9 heteroatoms. The molecule has 3 aromatic heterocycles. The van der Waals surface area contributed by atoms with Gasteiger partial charge in [-0.25, -0.2) is 4.98 Å². The lowest BCUT2D eigenvalue weighted by Gasteiger charge is -2.10. The van der Waals surface area contributed by atoms with Crippen molar-refractivity contribution in [1.82, 2.24) is 14.1 Å². The van der Waals surface area contributed by atoms with Gasteiger partial charge >= 0.3 is 0 Å². The highest BCUT2D eigenvalue weighted by Crippen LogP contribution is 2.37. The van der Waals surface area contributed by atoms with Gasteiger partial charge < -0.3 is 9.67 Å². The van der Waals surface area contributed by atoms with Gasteiger partial charge in [-0.3, -0.25) is 14.2 Å². The largest absolute Gasteiger partial charge is 0.493 e. The second-order valence-corrected chi connectivity index (χ2v) is 8.49. The Morgan fingerprint density at radius 3 is 2.93 bits per heavy atom. The van der Waals surface area contributed by atoms with Crippen LogP contribution in [0.3, 0.4) is 0 Å². The second kappa shape index (κ2) is 7.17. The van der Waals surface area contributed by atoms with E-state index in [9.17, 15) is 14.7 Å². The van der Waals surface area contributed by atoms with Crippen molar-refractivity contribution in [2.24, 2.45) is 17.3 Å². The molecule has 3 heterocycles. The molecule has 30 heavy (non-hydrogen) atoms. The quantitative estimate of drug-likeness (QED) is 0.508. The summed E-state index contributed by atoms with van der Waals surface area (Å²) < 4.78 is 2.87. The van der Waals surface area contributed by atoms with Gasteiger partial charge in [0.15, 0.2) is 5.69 Å². The minimum absolute atomic E-state index is 0.0714. The van der Waals surface area contributed by atoms with Crippen molar-refractivity contribution >= 4 is 44.1 Å². The molecule has 4 aromatic rings. The Morgan fingerprint density at radius 2 is 2.07 bits per heavy atom. The first-order valence-electron chi connectivity index (χ1n) is 9.75. The molecule has 152 valence electrons. The zero-order valence-corrected chi connectivity index (χ0v) is 17.1. The summed E-state index contributed by atoms with van der Waals surface area (Å²) in [6.07, 6.45) is 5.46. The van der Waals surface area contributed by atoms with Crippen LogP contribution in [0.5, 0.6) is 5.88 Å². The third-order valence-corrected chi connectivity index (χ3v) is 6.76. The smallest absolute Gasteiger partial charge is 0.284 e. The Labute approximate surface area is 175 Å². The number of carbonyl (C=O) groups is 1. The van der Waals surface area contributed by atoms with Gasteiger partial charge in [0.2, 0.25) is 5.88 Å². The van der Waals surface area contributed by atoms with Crippen LogP contribution in [0, 0.1) is 0 Å². The molecule has 8 nitrogen and oxygen atoms in total. The number of amides is 1. The molecule has 0 saturated heterocycles. The zero-order valence-electron chi connectivity index (χ0n) is 16.3. The first kappa shape index (κ1) is 18.7. The number of hydrogen-bond acceptors (Lipinski definition) is 6. The summed E-state index contributed by atoms with van der Waals surface area (Å²) in [5.41, 5.74) is 1.89. The van der Waals surface area contributed by atoms with Crippen molar-refractivity contribution in [2.45, 2.75) is 32.2 Å². The summed E-state index contributed by atoms with van der Waals surface area (Å²) in [5, 5.41) is 19.3. The molecule has 0 aliphatic heterocycles. The van der Waals surface area contributed by atoms with E-state index >= 15 is 0 Å². The molecular formula is C21H19N5O3S. The highest BCUT2D eigenvalue weighted by molar-refractivity contribution is 7.18. The van der Waals surface area contributed by atoms with Gasteiger partial charge in [-0.15, -0.1) is 21.6 Å². The molecule has 0 radical (unpaired) electrons. The molecule has 1 aliphatic carbocycles. The van der Waals surface area contributed by atoms with Crippen LogP contribution in [0.15, 0.2) is 45.6 Å². The first-order chi connectivity index (χ1) is 14.5. The van der Waals surface area contributed by atoms with Gasteiger partial charge in [0.25, 0.3) is 11.5 Å². The molecule has 1 amide bonds. The van der Waals surface area contributed by atoms with Crippen molar-refractivity contribution < 1.29 is 9.90 Å². The number of aromatic nitrogens is 3. The van der Waals surface area contributed by atoms with Crippen LogP contribution in [0.4, 0.5) is 5.69 Å². The Morgan fingerprint density at radius 1 is 1.27 bits per heavy atom. The topological polar surface area (TPSA) is 102 Å². The number of carbonyl (C=O) groups excluding carboxylic acids is 1. The number of para-hydroxylation sites is 1. The van der Waals surface area contributed by atoms with Crippen LogP contribution >= 0.6 is 11.3 Å². The van der Waals surface area contributed by atoms with Gasteiger partial charge in [0.1, 0.15) is 11.4 Å². The van der Waals surface area contributed by atoms with Gasteiger partial charge in [-0.05, 0) is 37.3 Å². The van der Waals surface area contributed by atoms with Crippen LogP contribution in [0.2, 0.25) is 0 Å². The highest BCUT2D eigenvalue weighted by Gasteiger charge is 2.20. The SMILES string of the molecule is Cn1c(O)c(N=NC(=O)Cn2cnc3sc4c(c3c2=O)CCCC4)c2ccccc21. The molecule has 0 fully saturated rings. The van der Waals surface area contributed by atoms with E-state index in [0.717, 1.165) is 41.6 Å². The monoisotopic (exact) mass is 421 g/mol. The van der Waals surface area contributed by atoms with E-state index < -0.39 is 5.91 Å². The van der Waals surface area contributed by atoms with Crippen molar-refractivity contribution in [3.05, 3.63) is 51.4 Å². The molecule has 1 N–H and O–H groups in total. The van der Waals surface area contributed by atoms with Gasteiger partial charge in [0, 0.05) is 17.3 Å². The molecule has 0 unspecified atom stereocenters. The number of fused-ring (bicyclic) bond motifs is 4. The number of aryl methyl sites for hydroxylation is 3. The molecule has 0 saturated carbocycles. The molecule has 1 aliphatic rings. The van der Waals surface area contributed by atoms with E-state index in [1.54, 1.807) is 29.0 Å². The Balaban J connectivity index is 1.45. The van der Waals surface area contributed by atoms with E-state index in [0.29, 0.717) is 10.8 Å². The average Bonchev–Trinajstić information content (AvgIpc) is 3.25. The highest BCUT2D eigenvalue weighted by atomic mass is 32.1. The van der Waals surface area contributed by atoms with E-state index in [-0.39, 0.29) is 23.7 Å². The van der Waals surface area contributed by atoms with E-state index in [1.807, 2.05) is 18.2 Å². The van der Waals surface area contributed by atoms with Crippen molar-refractivity contribution in [1.29, 1.82) is 0 Å². The number of nitrogens with zero attached hydrogens (tertiary/aromatic N) is 5. The molecule has 0 atom stereocenters. The number of azo groups is 1. The normalized spacial score (nSPS) is 14.0. The van der Waals surface area contributed by atoms with Crippen LogP contribution in [-0.4, -0.2) is 25.1 Å². The van der Waals surface area contributed by atoms with E-state index in [4.69, 9.17) is 0 Å². The number of aromatic hydroxyl groups is 1. The van der Waals surface area contributed by atoms with Crippen molar-refractivity contribution in [3.63, 3.8) is 0 Å². The van der Waals surface area contributed by atoms with Gasteiger partial charge in [-0.1, -0.05) is 18.2 Å². The second-order valence-electron chi connectivity index (χ2n) is 7.41. The minimum atomic E-state index is -0.588. The maximum absolute atomic E-state index is 13.0. The zero-order chi connectivity index (χ0) is 20.8.